The summed E-state index contributed by atoms with van der Waals surface area (Å²) < 4.78 is 66.7. The van der Waals surface area contributed by atoms with Crippen molar-refractivity contribution in [2.75, 3.05) is 11.4 Å². The van der Waals surface area contributed by atoms with E-state index in [2.05, 4.69) is 21.7 Å². The molecule has 1 fully saturated rings. The number of anilines is 1. The van der Waals surface area contributed by atoms with Crippen LogP contribution in [0.3, 0.4) is 0 Å². The van der Waals surface area contributed by atoms with Crippen molar-refractivity contribution in [1.29, 1.82) is 0 Å². The standard InChI is InChI=1S/C26H22F4N4O3/c1-3-25-7-4-8-34(25)23-13-22(32-24(35)33(23)15-25)36-14-16-5-6-21(20(27)9-16)37-19-11-17(26(28,29)30)10-18(12-19)31-2/h5-6,9-13H,3-4,7-8,14-15H2,1H3. The number of alkyl halides is 3. The summed E-state index contributed by atoms with van der Waals surface area (Å²) in [6, 6.07) is 8.10. The Kier molecular flexibility index (Phi) is 6.06. The lowest BCUT2D eigenvalue weighted by Gasteiger charge is -2.31. The molecule has 11 heteroatoms. The van der Waals surface area contributed by atoms with Crippen molar-refractivity contribution in [1.82, 2.24) is 9.55 Å². The van der Waals surface area contributed by atoms with E-state index in [4.69, 9.17) is 16.0 Å². The van der Waals surface area contributed by atoms with E-state index >= 15 is 0 Å². The number of ether oxygens (including phenoxy) is 2. The Bertz CT molecular complexity index is 1460. The Labute approximate surface area is 209 Å². The SMILES string of the molecule is [C-]#[N+]c1cc(Oc2ccc(COc3cc4n(c(=O)n3)CC3(CC)CCCN43)cc2F)cc(C(F)(F)F)c1. The van der Waals surface area contributed by atoms with Crippen LogP contribution in [0.1, 0.15) is 37.3 Å². The average molecular weight is 514 g/mol. The van der Waals surface area contributed by atoms with Crippen LogP contribution in [0.15, 0.2) is 47.3 Å². The minimum atomic E-state index is -4.68. The van der Waals surface area contributed by atoms with Crippen molar-refractivity contribution < 1.29 is 27.0 Å². The van der Waals surface area contributed by atoms with Gasteiger partial charge in [-0.2, -0.15) is 18.2 Å². The van der Waals surface area contributed by atoms with Gasteiger partial charge >= 0.3 is 11.9 Å². The highest BCUT2D eigenvalue weighted by molar-refractivity contribution is 5.54. The molecule has 7 nitrogen and oxygen atoms in total. The highest BCUT2D eigenvalue weighted by Crippen LogP contribution is 2.43. The van der Waals surface area contributed by atoms with E-state index in [1.807, 2.05) is 0 Å². The van der Waals surface area contributed by atoms with E-state index in [0.717, 1.165) is 43.8 Å². The summed E-state index contributed by atoms with van der Waals surface area (Å²) in [4.78, 5) is 21.9. The second-order valence-electron chi connectivity index (χ2n) is 9.14. The van der Waals surface area contributed by atoms with Gasteiger partial charge in [0.1, 0.15) is 18.2 Å². The molecule has 5 rings (SSSR count). The monoisotopic (exact) mass is 514 g/mol. The van der Waals surface area contributed by atoms with Gasteiger partial charge in [-0.1, -0.05) is 13.0 Å². The second-order valence-corrected chi connectivity index (χ2v) is 9.14. The smallest absolute Gasteiger partial charge is 0.415 e. The number of rotatable bonds is 6. The highest BCUT2D eigenvalue weighted by atomic mass is 19.4. The Balaban J connectivity index is 1.31. The summed E-state index contributed by atoms with van der Waals surface area (Å²) in [5.41, 5.74) is -1.41. The van der Waals surface area contributed by atoms with Gasteiger partial charge in [-0.15, -0.1) is 0 Å². The lowest BCUT2D eigenvalue weighted by Crippen LogP contribution is -2.41. The van der Waals surface area contributed by atoms with E-state index in [9.17, 15) is 22.4 Å². The minimum absolute atomic E-state index is 0.0689. The molecule has 1 atom stereocenters. The van der Waals surface area contributed by atoms with E-state index in [-0.39, 0.29) is 35.2 Å². The van der Waals surface area contributed by atoms with Crippen molar-refractivity contribution in [3.63, 3.8) is 0 Å². The van der Waals surface area contributed by atoms with Gasteiger partial charge < -0.3 is 14.4 Å². The molecule has 0 N–H and O–H groups in total. The Morgan fingerprint density at radius 2 is 2.00 bits per heavy atom. The molecule has 0 amide bonds. The fraction of sp³-hybridized carbons (Fsp3) is 0.346. The minimum Gasteiger partial charge on any atom is -0.473 e. The number of hydrogen-bond acceptors (Lipinski definition) is 5. The second kappa shape index (κ2) is 9.10. The Morgan fingerprint density at radius 3 is 2.70 bits per heavy atom. The first-order valence-electron chi connectivity index (χ1n) is 11.7. The molecule has 1 aromatic heterocycles. The van der Waals surface area contributed by atoms with E-state index in [1.165, 1.54) is 12.1 Å². The van der Waals surface area contributed by atoms with Crippen LogP contribution in [0.5, 0.6) is 17.4 Å². The molecule has 3 aromatic rings. The zero-order valence-electron chi connectivity index (χ0n) is 19.8. The molecule has 2 aliphatic rings. The molecule has 2 aliphatic heterocycles. The average Bonchev–Trinajstić information content (AvgIpc) is 3.41. The van der Waals surface area contributed by atoms with Crippen molar-refractivity contribution in [2.24, 2.45) is 0 Å². The predicted octanol–water partition coefficient (Wildman–Crippen LogP) is 6.09. The van der Waals surface area contributed by atoms with Gasteiger partial charge in [-0.25, -0.2) is 14.0 Å². The summed E-state index contributed by atoms with van der Waals surface area (Å²) >= 11 is 0. The Morgan fingerprint density at radius 1 is 1.19 bits per heavy atom. The van der Waals surface area contributed by atoms with Crippen LogP contribution >= 0.6 is 0 Å². The zero-order chi connectivity index (χ0) is 26.4. The van der Waals surface area contributed by atoms with E-state index in [1.54, 1.807) is 10.6 Å². The van der Waals surface area contributed by atoms with Crippen LogP contribution < -0.4 is 20.1 Å². The van der Waals surface area contributed by atoms with Crippen LogP contribution in [0, 0.1) is 12.4 Å². The van der Waals surface area contributed by atoms with E-state index in [0.29, 0.717) is 24.2 Å². The topological polar surface area (TPSA) is 61.0 Å². The van der Waals surface area contributed by atoms with Gasteiger partial charge in [-0.05, 0) is 55.2 Å². The molecular formula is C26H22F4N4O3. The largest absolute Gasteiger partial charge is 0.473 e. The molecular weight excluding hydrogens is 492 g/mol. The van der Waals surface area contributed by atoms with Gasteiger partial charge in [0.15, 0.2) is 17.3 Å². The van der Waals surface area contributed by atoms with Crippen LogP contribution in [0.4, 0.5) is 29.1 Å². The number of hydrogen-bond donors (Lipinski definition) is 0. The molecule has 0 spiro atoms. The fourth-order valence-electron chi connectivity index (χ4n) is 5.03. The summed E-state index contributed by atoms with van der Waals surface area (Å²) in [5.74, 6) is -0.542. The third kappa shape index (κ3) is 4.59. The van der Waals surface area contributed by atoms with Crippen LogP contribution in [-0.2, 0) is 19.3 Å². The van der Waals surface area contributed by atoms with Gasteiger partial charge in [0, 0.05) is 18.2 Å². The van der Waals surface area contributed by atoms with Crippen molar-refractivity contribution in [3.05, 3.63) is 81.3 Å². The van der Waals surface area contributed by atoms with Gasteiger partial charge in [0.05, 0.1) is 18.7 Å². The molecule has 192 valence electrons. The molecule has 37 heavy (non-hydrogen) atoms. The van der Waals surface area contributed by atoms with Gasteiger partial charge in [-0.3, -0.25) is 4.57 Å². The zero-order valence-corrected chi connectivity index (χ0v) is 19.8. The first-order chi connectivity index (χ1) is 17.6. The van der Waals surface area contributed by atoms with Crippen molar-refractivity contribution in [2.45, 2.75) is 51.1 Å². The maximum absolute atomic E-state index is 14.7. The molecule has 3 heterocycles. The van der Waals surface area contributed by atoms with Crippen LogP contribution in [0.2, 0.25) is 0 Å². The number of nitrogens with zero attached hydrogens (tertiary/aromatic N) is 4. The molecule has 0 aliphatic carbocycles. The lowest BCUT2D eigenvalue weighted by molar-refractivity contribution is -0.137. The quantitative estimate of drug-likeness (QED) is 0.295. The normalized spacial score (nSPS) is 18.3. The molecule has 0 bridgehead atoms. The van der Waals surface area contributed by atoms with Crippen LogP contribution in [0.25, 0.3) is 4.85 Å². The van der Waals surface area contributed by atoms with Gasteiger partial charge in [0.2, 0.25) is 5.88 Å². The predicted molar refractivity (Wildman–Crippen MR) is 127 cm³/mol. The van der Waals surface area contributed by atoms with Crippen LogP contribution in [-0.4, -0.2) is 21.6 Å². The molecule has 0 saturated carbocycles. The number of fused-ring (bicyclic) bond motifs is 3. The number of benzene rings is 2. The summed E-state index contributed by atoms with van der Waals surface area (Å²) in [5, 5.41) is 0. The van der Waals surface area contributed by atoms with Crippen molar-refractivity contribution >= 4 is 11.5 Å². The molecule has 1 saturated heterocycles. The molecule has 1 unspecified atom stereocenters. The number of aromatic nitrogens is 2. The van der Waals surface area contributed by atoms with E-state index < -0.39 is 23.2 Å². The fourth-order valence-corrected chi connectivity index (χ4v) is 5.03. The first kappa shape index (κ1) is 24.6. The lowest BCUT2D eigenvalue weighted by atomic mass is 9.94. The summed E-state index contributed by atoms with van der Waals surface area (Å²) in [6.45, 7) is 10.5. The maximum Gasteiger partial charge on any atom is 0.415 e. The Hall–Kier alpha value is -4.07. The molecule has 2 aromatic carbocycles. The summed E-state index contributed by atoms with van der Waals surface area (Å²) in [6.07, 6.45) is -1.71. The summed E-state index contributed by atoms with van der Waals surface area (Å²) in [7, 11) is 0. The van der Waals surface area contributed by atoms with Gasteiger partial charge in [0.25, 0.3) is 0 Å². The first-order valence-corrected chi connectivity index (χ1v) is 11.7. The highest BCUT2D eigenvalue weighted by Gasteiger charge is 2.46. The molecule has 0 radical (unpaired) electrons. The third-order valence-electron chi connectivity index (χ3n) is 6.91. The van der Waals surface area contributed by atoms with Crippen molar-refractivity contribution in [3.8, 4) is 17.4 Å². The number of halogens is 4. The maximum atomic E-state index is 14.7. The third-order valence-corrected chi connectivity index (χ3v) is 6.91.